The van der Waals surface area contributed by atoms with Crippen LogP contribution >= 0.6 is 0 Å². The fourth-order valence-electron chi connectivity index (χ4n) is 1.54. The van der Waals surface area contributed by atoms with E-state index in [1.165, 1.54) is 6.20 Å². The van der Waals surface area contributed by atoms with Crippen LogP contribution in [0.5, 0.6) is 0 Å². The molecule has 1 aromatic heterocycles. The molecule has 1 amide bonds. The highest BCUT2D eigenvalue weighted by molar-refractivity contribution is 5.92. The lowest BCUT2D eigenvalue weighted by molar-refractivity contribution is 0.0947. The van der Waals surface area contributed by atoms with Crippen LogP contribution in [0.4, 0.5) is 5.82 Å². The van der Waals surface area contributed by atoms with Gasteiger partial charge in [-0.25, -0.2) is 4.98 Å². The summed E-state index contributed by atoms with van der Waals surface area (Å²) in [5.74, 6) is 1.14. The topological polar surface area (TPSA) is 66.9 Å². The third-order valence-electron chi connectivity index (χ3n) is 2.47. The predicted octanol–water partition coefficient (Wildman–Crippen LogP) is 2.07. The summed E-state index contributed by atoms with van der Waals surface area (Å²) in [5.41, 5.74) is 0.359. The smallest absolute Gasteiger partial charge is 0.271 e. The third-order valence-corrected chi connectivity index (χ3v) is 2.47. The first kappa shape index (κ1) is 14.4. The molecule has 0 radical (unpaired) electrons. The zero-order valence-corrected chi connectivity index (χ0v) is 11.4. The molecule has 0 unspecified atom stereocenters. The molecule has 0 atom stereocenters. The van der Waals surface area contributed by atoms with Crippen molar-refractivity contribution in [3.05, 3.63) is 18.1 Å². The highest BCUT2D eigenvalue weighted by Crippen LogP contribution is 2.03. The maximum atomic E-state index is 11.8. The number of anilines is 1. The number of hydrogen-bond acceptors (Lipinski definition) is 4. The van der Waals surface area contributed by atoms with Crippen LogP contribution in [0, 0.1) is 5.92 Å². The van der Waals surface area contributed by atoms with E-state index in [4.69, 9.17) is 0 Å². The molecule has 5 heteroatoms. The Balaban J connectivity index is 2.43. The predicted molar refractivity (Wildman–Crippen MR) is 72.6 cm³/mol. The maximum absolute atomic E-state index is 11.8. The zero-order valence-electron chi connectivity index (χ0n) is 11.4. The molecule has 0 aliphatic rings. The second kappa shape index (κ2) is 7.63. The number of nitrogens with zero attached hydrogens (tertiary/aromatic N) is 2. The molecule has 0 saturated heterocycles. The molecule has 0 aliphatic carbocycles. The van der Waals surface area contributed by atoms with Crippen molar-refractivity contribution in [2.45, 2.75) is 33.6 Å². The van der Waals surface area contributed by atoms with Crippen LogP contribution in [0.25, 0.3) is 0 Å². The summed E-state index contributed by atoms with van der Waals surface area (Å²) >= 11 is 0. The van der Waals surface area contributed by atoms with Gasteiger partial charge in [-0.15, -0.1) is 0 Å². The van der Waals surface area contributed by atoms with Gasteiger partial charge in [0.15, 0.2) is 0 Å². The van der Waals surface area contributed by atoms with Crippen molar-refractivity contribution < 1.29 is 4.79 Å². The van der Waals surface area contributed by atoms with Crippen LogP contribution in [-0.2, 0) is 0 Å². The molecule has 0 fully saturated rings. The van der Waals surface area contributed by atoms with E-state index in [0.29, 0.717) is 24.0 Å². The first-order valence-electron chi connectivity index (χ1n) is 6.47. The van der Waals surface area contributed by atoms with Crippen molar-refractivity contribution in [1.82, 2.24) is 15.3 Å². The molecule has 1 aromatic rings. The summed E-state index contributed by atoms with van der Waals surface area (Å²) < 4.78 is 0. The van der Waals surface area contributed by atoms with Gasteiger partial charge in [-0.1, -0.05) is 13.8 Å². The van der Waals surface area contributed by atoms with E-state index in [-0.39, 0.29) is 5.91 Å². The number of aromatic nitrogens is 2. The lowest BCUT2D eigenvalue weighted by Gasteiger charge is -2.07. The van der Waals surface area contributed by atoms with Gasteiger partial charge in [0.25, 0.3) is 5.91 Å². The Kier molecular flexibility index (Phi) is 6.11. The van der Waals surface area contributed by atoms with Crippen molar-refractivity contribution in [2.24, 2.45) is 5.92 Å². The van der Waals surface area contributed by atoms with Crippen molar-refractivity contribution in [2.75, 3.05) is 18.4 Å². The fraction of sp³-hybridized carbons (Fsp3) is 0.615. The number of rotatable bonds is 7. The van der Waals surface area contributed by atoms with Gasteiger partial charge in [0.2, 0.25) is 0 Å². The second-order valence-corrected chi connectivity index (χ2v) is 4.61. The van der Waals surface area contributed by atoms with E-state index < -0.39 is 0 Å². The van der Waals surface area contributed by atoms with E-state index in [0.717, 1.165) is 19.4 Å². The minimum absolute atomic E-state index is 0.161. The lowest BCUT2D eigenvalue weighted by atomic mass is 10.1. The Morgan fingerprint density at radius 2 is 2.17 bits per heavy atom. The van der Waals surface area contributed by atoms with Crippen molar-refractivity contribution in [1.29, 1.82) is 0 Å². The largest absolute Gasteiger partial charge is 0.369 e. The quantitative estimate of drug-likeness (QED) is 0.727. The summed E-state index contributed by atoms with van der Waals surface area (Å²) in [6.07, 6.45) is 5.20. The first-order chi connectivity index (χ1) is 8.63. The Labute approximate surface area is 108 Å². The molecule has 0 bridgehead atoms. The van der Waals surface area contributed by atoms with E-state index in [2.05, 4.69) is 34.4 Å². The Hall–Kier alpha value is -1.65. The maximum Gasteiger partial charge on any atom is 0.271 e. The minimum atomic E-state index is -0.161. The number of carbonyl (C=O) groups excluding carboxylic acids is 1. The van der Waals surface area contributed by atoms with Gasteiger partial charge >= 0.3 is 0 Å². The lowest BCUT2D eigenvalue weighted by Crippen LogP contribution is -2.26. The van der Waals surface area contributed by atoms with Gasteiger partial charge in [0.1, 0.15) is 11.5 Å². The van der Waals surface area contributed by atoms with Crippen molar-refractivity contribution in [3.8, 4) is 0 Å². The van der Waals surface area contributed by atoms with Gasteiger partial charge in [0.05, 0.1) is 12.4 Å². The Morgan fingerprint density at radius 1 is 1.39 bits per heavy atom. The van der Waals surface area contributed by atoms with Gasteiger partial charge in [0, 0.05) is 13.1 Å². The van der Waals surface area contributed by atoms with Gasteiger partial charge in [-0.3, -0.25) is 9.78 Å². The van der Waals surface area contributed by atoms with Crippen molar-refractivity contribution >= 4 is 11.7 Å². The normalized spacial score (nSPS) is 10.4. The number of nitrogens with one attached hydrogen (secondary N) is 2. The van der Waals surface area contributed by atoms with Crippen LogP contribution in [-0.4, -0.2) is 29.0 Å². The summed E-state index contributed by atoms with van der Waals surface area (Å²) in [5, 5.41) is 5.89. The Bertz CT molecular complexity index is 379. The van der Waals surface area contributed by atoms with E-state index in [1.807, 2.05) is 6.92 Å². The van der Waals surface area contributed by atoms with Crippen molar-refractivity contribution in [3.63, 3.8) is 0 Å². The van der Waals surface area contributed by atoms with Crippen LogP contribution in [0.15, 0.2) is 12.4 Å². The third kappa shape index (κ3) is 5.12. The molecule has 1 heterocycles. The minimum Gasteiger partial charge on any atom is -0.369 e. The summed E-state index contributed by atoms with van der Waals surface area (Å²) in [4.78, 5) is 20.0. The molecule has 18 heavy (non-hydrogen) atoms. The highest BCUT2D eigenvalue weighted by atomic mass is 16.1. The molecule has 0 saturated carbocycles. The number of amides is 1. The Morgan fingerprint density at radius 3 is 2.83 bits per heavy atom. The zero-order chi connectivity index (χ0) is 13.4. The summed E-state index contributed by atoms with van der Waals surface area (Å²) in [7, 11) is 0. The fourth-order valence-corrected chi connectivity index (χ4v) is 1.54. The van der Waals surface area contributed by atoms with Gasteiger partial charge in [-0.2, -0.15) is 0 Å². The van der Waals surface area contributed by atoms with Crippen LogP contribution in [0.1, 0.15) is 44.1 Å². The molecule has 100 valence electrons. The van der Waals surface area contributed by atoms with E-state index in [1.54, 1.807) is 6.20 Å². The second-order valence-electron chi connectivity index (χ2n) is 4.61. The molecule has 0 aliphatic heterocycles. The first-order valence-corrected chi connectivity index (χ1v) is 6.47. The molecule has 0 spiro atoms. The standard InChI is InChI=1S/C13H22N4O/c1-4-15-12-9-14-8-11(17-12)13(18)16-7-5-6-10(2)3/h8-10H,4-7H2,1-3H3,(H,15,17)(H,16,18). The number of carbonyl (C=O) groups is 1. The summed E-state index contributed by atoms with van der Waals surface area (Å²) in [6.45, 7) is 7.76. The van der Waals surface area contributed by atoms with Gasteiger partial charge in [-0.05, 0) is 25.7 Å². The van der Waals surface area contributed by atoms with Crippen LogP contribution in [0.3, 0.4) is 0 Å². The average Bonchev–Trinajstić information content (AvgIpc) is 2.35. The molecule has 2 N–H and O–H groups in total. The molecular formula is C13H22N4O. The van der Waals surface area contributed by atoms with E-state index >= 15 is 0 Å². The summed E-state index contributed by atoms with van der Waals surface area (Å²) in [6, 6.07) is 0. The number of hydrogen-bond donors (Lipinski definition) is 2. The van der Waals surface area contributed by atoms with Crippen LogP contribution < -0.4 is 10.6 Å². The molecule has 1 rings (SSSR count). The SMILES string of the molecule is CCNc1cncc(C(=O)NCCCC(C)C)n1. The molecule has 0 aromatic carbocycles. The molecular weight excluding hydrogens is 228 g/mol. The van der Waals surface area contributed by atoms with Crippen LogP contribution in [0.2, 0.25) is 0 Å². The average molecular weight is 250 g/mol. The van der Waals surface area contributed by atoms with Gasteiger partial charge < -0.3 is 10.6 Å². The molecule has 5 nitrogen and oxygen atoms in total. The van der Waals surface area contributed by atoms with E-state index in [9.17, 15) is 4.79 Å². The highest BCUT2D eigenvalue weighted by Gasteiger charge is 2.07. The monoisotopic (exact) mass is 250 g/mol.